The Balaban J connectivity index is 2.57. The van der Waals surface area contributed by atoms with Crippen LogP contribution in [0.1, 0.15) is 22.5 Å². The molecule has 0 aromatic carbocycles. The zero-order valence-electron chi connectivity index (χ0n) is 10.1. The van der Waals surface area contributed by atoms with E-state index < -0.39 is 0 Å². The van der Waals surface area contributed by atoms with Crippen LogP contribution in [-0.4, -0.2) is 9.97 Å². The van der Waals surface area contributed by atoms with Crippen molar-refractivity contribution in [3.05, 3.63) is 46.8 Å². The number of nitrogens with zero attached hydrogens (tertiary/aromatic N) is 4. The lowest BCUT2D eigenvalue weighted by Gasteiger charge is -2.04. The number of hydrogen-bond acceptors (Lipinski definition) is 4. The predicted octanol–water partition coefficient (Wildman–Crippen LogP) is 2.50. The number of hydrogen-bond donors (Lipinski definition) is 0. The van der Waals surface area contributed by atoms with Gasteiger partial charge in [-0.15, -0.1) is 0 Å². The molecule has 0 atom stereocenters. The molecule has 2 rings (SSSR count). The first kappa shape index (κ1) is 11.8. The SMILES string of the molecule is Cc1ccc(-c2ccc(C)c(C#N)n2)nc1C#N. The molecule has 0 spiro atoms. The molecule has 0 aliphatic rings. The van der Waals surface area contributed by atoms with Crippen LogP contribution in [0.25, 0.3) is 11.4 Å². The van der Waals surface area contributed by atoms with Gasteiger partial charge in [0, 0.05) is 0 Å². The molecule has 4 heteroatoms. The van der Waals surface area contributed by atoms with E-state index in [1.807, 2.05) is 38.1 Å². The minimum absolute atomic E-state index is 0.383. The molecule has 86 valence electrons. The van der Waals surface area contributed by atoms with E-state index in [0.29, 0.717) is 22.8 Å². The predicted molar refractivity (Wildman–Crippen MR) is 66.4 cm³/mol. The maximum absolute atomic E-state index is 8.95. The first-order chi connectivity index (χ1) is 8.65. The Morgan fingerprint density at radius 3 is 1.50 bits per heavy atom. The van der Waals surface area contributed by atoms with E-state index in [1.54, 1.807) is 12.1 Å². The molecule has 2 heterocycles. The van der Waals surface area contributed by atoms with Crippen LogP contribution in [0.3, 0.4) is 0 Å². The molecule has 0 saturated carbocycles. The number of pyridine rings is 2. The standard InChI is InChI=1S/C14H10N4/c1-9-3-5-11(17-13(9)7-15)12-6-4-10(2)14(8-16)18-12/h3-6H,1-2H3. The summed E-state index contributed by atoms with van der Waals surface area (Å²) in [4.78, 5) is 8.47. The third kappa shape index (κ3) is 2.05. The van der Waals surface area contributed by atoms with Gasteiger partial charge >= 0.3 is 0 Å². The molecule has 0 N–H and O–H groups in total. The Bertz CT molecular complexity index is 628. The van der Waals surface area contributed by atoms with Gasteiger partial charge in [-0.2, -0.15) is 10.5 Å². The van der Waals surface area contributed by atoms with Crippen molar-refractivity contribution in [2.24, 2.45) is 0 Å². The van der Waals surface area contributed by atoms with Crippen molar-refractivity contribution in [1.82, 2.24) is 9.97 Å². The van der Waals surface area contributed by atoms with Crippen LogP contribution in [0.4, 0.5) is 0 Å². The Kier molecular flexibility index (Phi) is 3.03. The van der Waals surface area contributed by atoms with Crippen LogP contribution in [0.5, 0.6) is 0 Å². The lowest BCUT2D eigenvalue weighted by atomic mass is 10.1. The Labute approximate surface area is 105 Å². The van der Waals surface area contributed by atoms with Gasteiger partial charge in [0.2, 0.25) is 0 Å². The molecule has 2 aromatic rings. The summed E-state index contributed by atoms with van der Waals surface area (Å²) in [7, 11) is 0. The molecule has 0 aliphatic heterocycles. The van der Waals surface area contributed by atoms with E-state index in [0.717, 1.165) is 11.1 Å². The average molecular weight is 234 g/mol. The van der Waals surface area contributed by atoms with Crippen molar-refractivity contribution in [2.75, 3.05) is 0 Å². The summed E-state index contributed by atoms with van der Waals surface area (Å²) >= 11 is 0. The molecule has 0 fully saturated rings. The molecule has 2 aromatic heterocycles. The quantitative estimate of drug-likeness (QED) is 0.759. The molecule has 0 radical (unpaired) electrons. The van der Waals surface area contributed by atoms with Gasteiger partial charge in [-0.05, 0) is 37.1 Å². The van der Waals surface area contributed by atoms with Crippen LogP contribution in [0.2, 0.25) is 0 Å². The second-order valence-corrected chi connectivity index (χ2v) is 3.95. The van der Waals surface area contributed by atoms with E-state index in [2.05, 4.69) is 9.97 Å². The largest absolute Gasteiger partial charge is 0.235 e. The molecular weight excluding hydrogens is 224 g/mol. The molecule has 0 saturated heterocycles. The van der Waals surface area contributed by atoms with E-state index in [-0.39, 0.29) is 0 Å². The molecule has 0 amide bonds. The fourth-order valence-electron chi connectivity index (χ4n) is 1.57. The summed E-state index contributed by atoms with van der Waals surface area (Å²) in [6.07, 6.45) is 0. The van der Waals surface area contributed by atoms with Crippen molar-refractivity contribution in [1.29, 1.82) is 10.5 Å². The number of nitriles is 2. The minimum atomic E-state index is 0.383. The monoisotopic (exact) mass is 234 g/mol. The fourth-order valence-corrected chi connectivity index (χ4v) is 1.57. The zero-order chi connectivity index (χ0) is 13.1. The van der Waals surface area contributed by atoms with Gasteiger partial charge in [0.15, 0.2) is 0 Å². The average Bonchev–Trinajstić information content (AvgIpc) is 2.40. The van der Waals surface area contributed by atoms with Gasteiger partial charge in [0.1, 0.15) is 23.5 Å². The van der Waals surface area contributed by atoms with Crippen molar-refractivity contribution in [2.45, 2.75) is 13.8 Å². The maximum atomic E-state index is 8.95. The Morgan fingerprint density at radius 1 is 0.778 bits per heavy atom. The summed E-state index contributed by atoms with van der Waals surface area (Å²) < 4.78 is 0. The number of aromatic nitrogens is 2. The Hall–Kier alpha value is -2.72. The second kappa shape index (κ2) is 4.65. The molecule has 0 bridgehead atoms. The van der Waals surface area contributed by atoms with E-state index in [4.69, 9.17) is 10.5 Å². The van der Waals surface area contributed by atoms with Crippen molar-refractivity contribution in [3.8, 4) is 23.5 Å². The summed E-state index contributed by atoms with van der Waals surface area (Å²) in [5.41, 5.74) is 3.63. The lowest BCUT2D eigenvalue weighted by Crippen LogP contribution is -1.96. The highest BCUT2D eigenvalue weighted by Gasteiger charge is 2.07. The normalized spacial score (nSPS) is 9.56. The van der Waals surface area contributed by atoms with Crippen molar-refractivity contribution < 1.29 is 0 Å². The smallest absolute Gasteiger partial charge is 0.144 e. The highest BCUT2D eigenvalue weighted by atomic mass is 14.8. The highest BCUT2D eigenvalue weighted by Crippen LogP contribution is 2.18. The molecule has 18 heavy (non-hydrogen) atoms. The van der Waals surface area contributed by atoms with Gasteiger partial charge in [-0.25, -0.2) is 9.97 Å². The summed E-state index contributed by atoms with van der Waals surface area (Å²) in [6.45, 7) is 3.66. The molecule has 0 unspecified atom stereocenters. The van der Waals surface area contributed by atoms with Gasteiger partial charge in [0.05, 0.1) is 11.4 Å². The van der Waals surface area contributed by atoms with Crippen LogP contribution < -0.4 is 0 Å². The van der Waals surface area contributed by atoms with Gasteiger partial charge < -0.3 is 0 Å². The second-order valence-electron chi connectivity index (χ2n) is 3.95. The van der Waals surface area contributed by atoms with Crippen LogP contribution in [0, 0.1) is 36.5 Å². The summed E-state index contributed by atoms with van der Waals surface area (Å²) in [5, 5.41) is 17.9. The molecule has 0 aliphatic carbocycles. The number of rotatable bonds is 1. The highest BCUT2D eigenvalue weighted by molar-refractivity contribution is 5.57. The van der Waals surface area contributed by atoms with Crippen molar-refractivity contribution in [3.63, 3.8) is 0 Å². The third-order valence-corrected chi connectivity index (χ3v) is 2.67. The molecule has 4 nitrogen and oxygen atoms in total. The van der Waals surface area contributed by atoms with Crippen LogP contribution in [-0.2, 0) is 0 Å². The maximum Gasteiger partial charge on any atom is 0.144 e. The third-order valence-electron chi connectivity index (χ3n) is 2.67. The van der Waals surface area contributed by atoms with Gasteiger partial charge in [0.25, 0.3) is 0 Å². The summed E-state index contributed by atoms with van der Waals surface area (Å²) in [6, 6.07) is 11.3. The van der Waals surface area contributed by atoms with Crippen LogP contribution >= 0.6 is 0 Å². The van der Waals surface area contributed by atoms with E-state index in [1.165, 1.54) is 0 Å². The number of aryl methyl sites for hydroxylation is 2. The first-order valence-electron chi connectivity index (χ1n) is 5.41. The van der Waals surface area contributed by atoms with Gasteiger partial charge in [-0.1, -0.05) is 12.1 Å². The van der Waals surface area contributed by atoms with E-state index >= 15 is 0 Å². The minimum Gasteiger partial charge on any atom is -0.235 e. The Morgan fingerprint density at radius 2 is 1.17 bits per heavy atom. The summed E-state index contributed by atoms with van der Waals surface area (Å²) in [5.74, 6) is 0. The van der Waals surface area contributed by atoms with Gasteiger partial charge in [-0.3, -0.25) is 0 Å². The zero-order valence-corrected chi connectivity index (χ0v) is 10.1. The fraction of sp³-hybridized carbons (Fsp3) is 0.143. The van der Waals surface area contributed by atoms with Crippen LogP contribution in [0.15, 0.2) is 24.3 Å². The topological polar surface area (TPSA) is 73.4 Å². The first-order valence-corrected chi connectivity index (χ1v) is 5.41. The van der Waals surface area contributed by atoms with E-state index in [9.17, 15) is 0 Å². The van der Waals surface area contributed by atoms with Crippen molar-refractivity contribution >= 4 is 0 Å². The molecular formula is C14H10N4. The lowest BCUT2D eigenvalue weighted by molar-refractivity contribution is 1.16.